The largest absolute Gasteiger partial charge is 0.493 e. The van der Waals surface area contributed by atoms with Gasteiger partial charge in [-0.25, -0.2) is 4.68 Å². The van der Waals surface area contributed by atoms with Crippen molar-refractivity contribution in [2.24, 2.45) is 0 Å². The van der Waals surface area contributed by atoms with Crippen molar-refractivity contribution in [2.45, 2.75) is 25.8 Å². The third-order valence-corrected chi connectivity index (χ3v) is 4.82. The Labute approximate surface area is 174 Å². The van der Waals surface area contributed by atoms with E-state index < -0.39 is 0 Å². The zero-order valence-electron chi connectivity index (χ0n) is 16.0. The molecule has 0 saturated heterocycles. The monoisotopic (exact) mass is 441 g/mol. The van der Waals surface area contributed by atoms with Gasteiger partial charge < -0.3 is 9.47 Å². The lowest BCUT2D eigenvalue weighted by Gasteiger charge is -2.11. The van der Waals surface area contributed by atoms with E-state index in [4.69, 9.17) is 9.47 Å². The molecule has 0 bridgehead atoms. The topological polar surface area (TPSA) is 49.2 Å². The molecule has 0 fully saturated rings. The first kappa shape index (κ1) is 20.1. The van der Waals surface area contributed by atoms with Crippen LogP contribution in [0.1, 0.15) is 23.2 Å². The molecule has 28 heavy (non-hydrogen) atoms. The Balaban J connectivity index is 1.47. The summed E-state index contributed by atoms with van der Waals surface area (Å²) in [7, 11) is 1.66. The number of allylic oxidation sites excluding steroid dienone is 1. The van der Waals surface area contributed by atoms with Crippen LogP contribution in [0, 0.1) is 0 Å². The lowest BCUT2D eigenvalue weighted by atomic mass is 10.1. The summed E-state index contributed by atoms with van der Waals surface area (Å²) in [4.78, 5) is 0. The molecule has 2 aromatic carbocycles. The van der Waals surface area contributed by atoms with E-state index in [1.54, 1.807) is 7.11 Å². The fourth-order valence-electron chi connectivity index (χ4n) is 2.87. The number of hydrogen-bond donors (Lipinski definition) is 0. The minimum Gasteiger partial charge on any atom is -0.493 e. The van der Waals surface area contributed by atoms with E-state index in [-0.39, 0.29) is 0 Å². The van der Waals surface area contributed by atoms with Crippen molar-refractivity contribution in [1.29, 1.82) is 0 Å². The average molecular weight is 442 g/mol. The molecule has 0 amide bonds. The van der Waals surface area contributed by atoms with Gasteiger partial charge in [-0.2, -0.15) is 0 Å². The van der Waals surface area contributed by atoms with Gasteiger partial charge >= 0.3 is 0 Å². The van der Waals surface area contributed by atoms with Gasteiger partial charge in [0.15, 0.2) is 11.5 Å². The molecule has 146 valence electrons. The number of hydrogen-bond acceptors (Lipinski definition) is 4. The van der Waals surface area contributed by atoms with Gasteiger partial charge in [-0.05, 0) is 54.7 Å². The Bertz CT molecular complexity index is 906. The van der Waals surface area contributed by atoms with Crippen molar-refractivity contribution in [2.75, 3.05) is 13.7 Å². The summed E-state index contributed by atoms with van der Waals surface area (Å²) in [5.74, 6) is 1.51. The van der Waals surface area contributed by atoms with Gasteiger partial charge in [-0.3, -0.25) is 0 Å². The van der Waals surface area contributed by atoms with Crippen molar-refractivity contribution in [1.82, 2.24) is 15.0 Å². The van der Waals surface area contributed by atoms with Gasteiger partial charge in [0.05, 0.1) is 26.0 Å². The standard InChI is InChI=1S/C22H24BrN3O2/c1-3-5-17-9-12-21(22(14-17)27-2)28-13-4-6-20-16-26(25-24-20)15-18-7-10-19(23)11-8-18/h3,7-12,14,16H,1,4-6,13,15H2,2H3. The van der Waals surface area contributed by atoms with E-state index in [0.29, 0.717) is 13.2 Å². The van der Waals surface area contributed by atoms with Crippen molar-refractivity contribution < 1.29 is 9.47 Å². The van der Waals surface area contributed by atoms with Gasteiger partial charge in [0.2, 0.25) is 0 Å². The maximum atomic E-state index is 5.89. The number of nitrogens with zero attached hydrogens (tertiary/aromatic N) is 3. The molecule has 0 aliphatic carbocycles. The normalized spacial score (nSPS) is 10.6. The highest BCUT2D eigenvalue weighted by Gasteiger charge is 2.06. The molecule has 0 aliphatic rings. The predicted octanol–water partition coefficient (Wildman–Crippen LogP) is 4.84. The summed E-state index contributed by atoms with van der Waals surface area (Å²) < 4.78 is 14.2. The summed E-state index contributed by atoms with van der Waals surface area (Å²) >= 11 is 3.45. The highest BCUT2D eigenvalue weighted by atomic mass is 79.9. The molecule has 3 aromatic rings. The molecule has 0 saturated carbocycles. The fraction of sp³-hybridized carbons (Fsp3) is 0.273. The molecule has 6 heteroatoms. The van der Waals surface area contributed by atoms with Crippen LogP contribution < -0.4 is 9.47 Å². The minimum atomic E-state index is 0.594. The summed E-state index contributed by atoms with van der Waals surface area (Å²) in [6.45, 7) is 5.07. The number of aryl methyl sites for hydroxylation is 1. The van der Waals surface area contributed by atoms with E-state index in [1.165, 1.54) is 5.56 Å². The van der Waals surface area contributed by atoms with Crippen LogP contribution in [-0.4, -0.2) is 28.7 Å². The van der Waals surface area contributed by atoms with Crippen LogP contribution in [-0.2, 0) is 19.4 Å². The maximum absolute atomic E-state index is 5.89. The van der Waals surface area contributed by atoms with E-state index in [9.17, 15) is 0 Å². The second-order valence-corrected chi connectivity index (χ2v) is 7.38. The fourth-order valence-corrected chi connectivity index (χ4v) is 3.13. The second-order valence-electron chi connectivity index (χ2n) is 6.46. The van der Waals surface area contributed by atoms with Gasteiger partial charge in [0, 0.05) is 10.7 Å². The van der Waals surface area contributed by atoms with E-state index in [2.05, 4.69) is 45.0 Å². The first-order valence-electron chi connectivity index (χ1n) is 9.22. The smallest absolute Gasteiger partial charge is 0.161 e. The van der Waals surface area contributed by atoms with Crippen LogP contribution in [0.3, 0.4) is 0 Å². The van der Waals surface area contributed by atoms with Crippen molar-refractivity contribution in [3.05, 3.63) is 82.6 Å². The molecule has 0 radical (unpaired) electrons. The Morgan fingerprint density at radius 2 is 1.89 bits per heavy atom. The first-order valence-corrected chi connectivity index (χ1v) is 10.0. The van der Waals surface area contributed by atoms with Crippen LogP contribution in [0.5, 0.6) is 11.5 Å². The van der Waals surface area contributed by atoms with Gasteiger partial charge in [0.25, 0.3) is 0 Å². The van der Waals surface area contributed by atoms with Crippen molar-refractivity contribution >= 4 is 15.9 Å². The van der Waals surface area contributed by atoms with Gasteiger partial charge in [-0.15, -0.1) is 11.7 Å². The number of rotatable bonds is 10. The number of methoxy groups -OCH3 is 1. The third-order valence-electron chi connectivity index (χ3n) is 4.29. The summed E-state index contributed by atoms with van der Waals surface area (Å²) in [6, 6.07) is 14.2. The first-order chi connectivity index (χ1) is 13.7. The highest BCUT2D eigenvalue weighted by molar-refractivity contribution is 9.10. The molecule has 0 atom stereocenters. The van der Waals surface area contributed by atoms with Crippen molar-refractivity contribution in [3.8, 4) is 11.5 Å². The Kier molecular flexibility index (Phi) is 7.25. The number of halogens is 1. The molecule has 0 spiro atoms. The second kappa shape index (κ2) is 10.1. The zero-order chi connectivity index (χ0) is 19.8. The van der Waals surface area contributed by atoms with Crippen LogP contribution in [0.25, 0.3) is 0 Å². The Hall–Kier alpha value is -2.60. The molecule has 0 unspecified atom stereocenters. The van der Waals surface area contributed by atoms with E-state index >= 15 is 0 Å². The molecule has 1 aromatic heterocycles. The SMILES string of the molecule is C=CCc1ccc(OCCCc2cn(Cc3ccc(Br)cc3)nn2)c(OC)c1. The molecule has 3 rings (SSSR count). The van der Waals surface area contributed by atoms with E-state index in [0.717, 1.165) is 46.5 Å². The number of ether oxygens (including phenoxy) is 2. The van der Waals surface area contributed by atoms with Gasteiger partial charge in [-0.1, -0.05) is 45.4 Å². The Morgan fingerprint density at radius 3 is 2.64 bits per heavy atom. The quantitative estimate of drug-likeness (QED) is 0.333. The van der Waals surface area contributed by atoms with Crippen LogP contribution in [0.2, 0.25) is 0 Å². The van der Waals surface area contributed by atoms with Crippen LogP contribution in [0.4, 0.5) is 0 Å². The molecule has 0 aliphatic heterocycles. The third kappa shape index (κ3) is 5.70. The lowest BCUT2D eigenvalue weighted by molar-refractivity contribution is 0.289. The maximum Gasteiger partial charge on any atom is 0.161 e. The van der Waals surface area contributed by atoms with Crippen molar-refractivity contribution in [3.63, 3.8) is 0 Å². The summed E-state index contributed by atoms with van der Waals surface area (Å²) in [6.07, 6.45) is 6.35. The molecule has 5 nitrogen and oxygen atoms in total. The van der Waals surface area contributed by atoms with Crippen LogP contribution >= 0.6 is 15.9 Å². The van der Waals surface area contributed by atoms with E-state index in [1.807, 2.05) is 47.3 Å². The van der Waals surface area contributed by atoms with Gasteiger partial charge in [0.1, 0.15) is 0 Å². The molecular weight excluding hydrogens is 418 g/mol. The minimum absolute atomic E-state index is 0.594. The summed E-state index contributed by atoms with van der Waals surface area (Å²) in [5, 5.41) is 8.47. The lowest BCUT2D eigenvalue weighted by Crippen LogP contribution is -2.02. The molecule has 1 heterocycles. The zero-order valence-corrected chi connectivity index (χ0v) is 17.6. The molecular formula is C22H24BrN3O2. The number of aromatic nitrogens is 3. The highest BCUT2D eigenvalue weighted by Crippen LogP contribution is 2.28. The number of benzene rings is 2. The summed E-state index contributed by atoms with van der Waals surface area (Å²) in [5.41, 5.74) is 3.31. The average Bonchev–Trinajstić information content (AvgIpc) is 3.15. The molecule has 0 N–H and O–H groups in total. The Morgan fingerprint density at radius 1 is 1.11 bits per heavy atom. The van der Waals surface area contributed by atoms with Crippen LogP contribution in [0.15, 0.2) is 65.8 Å². The predicted molar refractivity (Wildman–Crippen MR) is 114 cm³/mol.